The second-order valence-electron chi connectivity index (χ2n) is 4.96. The number of nitrogens with zero attached hydrogens (tertiary/aromatic N) is 2. The summed E-state index contributed by atoms with van der Waals surface area (Å²) in [7, 11) is 2.16. The van der Waals surface area contributed by atoms with E-state index < -0.39 is 0 Å². The van der Waals surface area contributed by atoms with Gasteiger partial charge in [0.2, 0.25) is 0 Å². The molecule has 18 heavy (non-hydrogen) atoms. The maximum atomic E-state index is 8.88. The molecule has 0 bridgehead atoms. The van der Waals surface area contributed by atoms with Gasteiger partial charge in [-0.3, -0.25) is 0 Å². The summed E-state index contributed by atoms with van der Waals surface area (Å²) >= 11 is 6.12. The van der Waals surface area contributed by atoms with Crippen LogP contribution in [0.5, 0.6) is 0 Å². The predicted octanol–water partition coefficient (Wildman–Crippen LogP) is 2.97. The van der Waals surface area contributed by atoms with E-state index in [0.717, 1.165) is 18.8 Å². The Balaban J connectivity index is 1.95. The lowest BCUT2D eigenvalue weighted by Crippen LogP contribution is -2.35. The Morgan fingerprint density at radius 3 is 3.11 bits per heavy atom. The zero-order valence-electron chi connectivity index (χ0n) is 10.6. The van der Waals surface area contributed by atoms with Crippen molar-refractivity contribution in [3.8, 4) is 6.07 Å². The zero-order valence-corrected chi connectivity index (χ0v) is 11.4. The molecule has 0 spiro atoms. The molecule has 0 radical (unpaired) electrons. The minimum absolute atomic E-state index is 0.641. The average Bonchev–Trinajstić information content (AvgIpc) is 2.38. The second kappa shape index (κ2) is 6.08. The minimum Gasteiger partial charge on any atom is -0.383 e. The van der Waals surface area contributed by atoms with E-state index in [-0.39, 0.29) is 0 Å². The van der Waals surface area contributed by atoms with Crippen molar-refractivity contribution in [3.63, 3.8) is 0 Å². The molecule has 2 rings (SSSR count). The number of hydrogen-bond donors (Lipinski definition) is 1. The fraction of sp³-hybridized carbons (Fsp3) is 0.500. The van der Waals surface area contributed by atoms with E-state index in [1.807, 2.05) is 6.07 Å². The Kier molecular flexibility index (Phi) is 4.46. The van der Waals surface area contributed by atoms with Crippen LogP contribution in [0.25, 0.3) is 0 Å². The lowest BCUT2D eigenvalue weighted by Gasteiger charge is -2.30. The van der Waals surface area contributed by atoms with Crippen molar-refractivity contribution in [1.82, 2.24) is 4.90 Å². The third kappa shape index (κ3) is 3.38. The van der Waals surface area contributed by atoms with Crippen LogP contribution in [-0.2, 0) is 0 Å². The molecule has 1 fully saturated rings. The summed E-state index contributed by atoms with van der Waals surface area (Å²) in [5.74, 6) is 0.658. The Morgan fingerprint density at radius 2 is 2.39 bits per heavy atom. The molecule has 0 amide bonds. The molecule has 3 nitrogen and oxygen atoms in total. The number of piperidine rings is 1. The van der Waals surface area contributed by atoms with Crippen molar-refractivity contribution in [2.75, 3.05) is 32.0 Å². The molecule has 4 heteroatoms. The van der Waals surface area contributed by atoms with Gasteiger partial charge in [0, 0.05) is 13.1 Å². The molecule has 1 atom stereocenters. The molecule has 1 unspecified atom stereocenters. The van der Waals surface area contributed by atoms with Gasteiger partial charge in [0.25, 0.3) is 0 Å². The number of benzene rings is 1. The highest BCUT2D eigenvalue weighted by Gasteiger charge is 2.17. The number of nitriles is 1. The Labute approximate surface area is 113 Å². The third-order valence-electron chi connectivity index (χ3n) is 3.40. The van der Waals surface area contributed by atoms with Gasteiger partial charge in [-0.25, -0.2) is 0 Å². The number of halogens is 1. The summed E-state index contributed by atoms with van der Waals surface area (Å²) in [4.78, 5) is 2.36. The van der Waals surface area contributed by atoms with E-state index in [0.29, 0.717) is 16.5 Å². The van der Waals surface area contributed by atoms with Crippen LogP contribution in [0.2, 0.25) is 5.02 Å². The van der Waals surface area contributed by atoms with Crippen molar-refractivity contribution in [1.29, 1.82) is 5.26 Å². The highest BCUT2D eigenvalue weighted by molar-refractivity contribution is 6.33. The Hall–Kier alpha value is -1.24. The maximum absolute atomic E-state index is 8.88. The summed E-state index contributed by atoms with van der Waals surface area (Å²) in [6, 6.07) is 7.46. The van der Waals surface area contributed by atoms with Gasteiger partial charge in [0.05, 0.1) is 22.3 Å². The summed E-state index contributed by atoms with van der Waals surface area (Å²) in [6.07, 6.45) is 2.52. The van der Waals surface area contributed by atoms with E-state index in [1.54, 1.807) is 12.1 Å². The first-order valence-corrected chi connectivity index (χ1v) is 6.69. The number of nitrogens with one attached hydrogen (secondary N) is 1. The van der Waals surface area contributed by atoms with Crippen LogP contribution in [0.15, 0.2) is 18.2 Å². The van der Waals surface area contributed by atoms with E-state index in [2.05, 4.69) is 23.3 Å². The number of likely N-dealkylation sites (tertiary alicyclic amines) is 1. The smallest absolute Gasteiger partial charge is 0.0992 e. The first-order valence-electron chi connectivity index (χ1n) is 6.31. The van der Waals surface area contributed by atoms with Crippen molar-refractivity contribution in [2.45, 2.75) is 12.8 Å². The number of rotatable bonds is 3. The predicted molar refractivity (Wildman–Crippen MR) is 74.9 cm³/mol. The minimum atomic E-state index is 0.641. The largest absolute Gasteiger partial charge is 0.383 e. The molecular weight excluding hydrogens is 246 g/mol. The Morgan fingerprint density at radius 1 is 1.56 bits per heavy atom. The lowest BCUT2D eigenvalue weighted by atomic mass is 9.98. The van der Waals surface area contributed by atoms with Crippen molar-refractivity contribution in [2.24, 2.45) is 5.92 Å². The van der Waals surface area contributed by atoms with Crippen LogP contribution in [0.1, 0.15) is 18.4 Å². The fourth-order valence-electron chi connectivity index (χ4n) is 2.42. The van der Waals surface area contributed by atoms with Crippen LogP contribution >= 0.6 is 11.6 Å². The topological polar surface area (TPSA) is 39.1 Å². The second-order valence-corrected chi connectivity index (χ2v) is 5.37. The number of anilines is 1. The van der Waals surface area contributed by atoms with Crippen LogP contribution in [-0.4, -0.2) is 31.6 Å². The molecular formula is C14H18ClN3. The van der Waals surface area contributed by atoms with Crippen LogP contribution in [0, 0.1) is 17.2 Å². The van der Waals surface area contributed by atoms with E-state index >= 15 is 0 Å². The molecule has 1 aromatic carbocycles. The summed E-state index contributed by atoms with van der Waals surface area (Å²) in [6.45, 7) is 3.24. The normalized spacial score (nSPS) is 20.4. The van der Waals surface area contributed by atoms with Crippen LogP contribution in [0.3, 0.4) is 0 Å². The number of hydrogen-bond acceptors (Lipinski definition) is 3. The first-order chi connectivity index (χ1) is 8.69. The maximum Gasteiger partial charge on any atom is 0.0992 e. The SMILES string of the molecule is CN1CCCC(CNc2cc(C#N)ccc2Cl)C1. The van der Waals surface area contributed by atoms with Gasteiger partial charge in [-0.05, 0) is 50.6 Å². The highest BCUT2D eigenvalue weighted by Crippen LogP contribution is 2.24. The van der Waals surface area contributed by atoms with Crippen molar-refractivity contribution < 1.29 is 0 Å². The molecule has 1 aliphatic heterocycles. The first kappa shape index (κ1) is 13.2. The van der Waals surface area contributed by atoms with Gasteiger partial charge in [-0.2, -0.15) is 5.26 Å². The highest BCUT2D eigenvalue weighted by atomic mass is 35.5. The van der Waals surface area contributed by atoms with Crippen molar-refractivity contribution >= 4 is 17.3 Å². The van der Waals surface area contributed by atoms with Gasteiger partial charge in [-0.1, -0.05) is 11.6 Å². The van der Waals surface area contributed by atoms with Gasteiger partial charge in [0.15, 0.2) is 0 Å². The average molecular weight is 264 g/mol. The third-order valence-corrected chi connectivity index (χ3v) is 3.73. The van der Waals surface area contributed by atoms with Crippen LogP contribution < -0.4 is 5.32 Å². The van der Waals surface area contributed by atoms with Gasteiger partial charge < -0.3 is 10.2 Å². The van der Waals surface area contributed by atoms with Crippen LogP contribution in [0.4, 0.5) is 5.69 Å². The summed E-state index contributed by atoms with van der Waals surface area (Å²) in [5, 5.41) is 12.9. The molecule has 1 aromatic rings. The molecule has 1 heterocycles. The van der Waals surface area contributed by atoms with E-state index in [9.17, 15) is 0 Å². The van der Waals surface area contributed by atoms with E-state index in [1.165, 1.54) is 19.4 Å². The van der Waals surface area contributed by atoms with E-state index in [4.69, 9.17) is 16.9 Å². The molecule has 0 aromatic heterocycles. The molecule has 0 saturated carbocycles. The molecule has 96 valence electrons. The zero-order chi connectivity index (χ0) is 13.0. The lowest BCUT2D eigenvalue weighted by molar-refractivity contribution is 0.217. The van der Waals surface area contributed by atoms with Gasteiger partial charge in [-0.15, -0.1) is 0 Å². The molecule has 1 saturated heterocycles. The quantitative estimate of drug-likeness (QED) is 0.911. The van der Waals surface area contributed by atoms with Crippen molar-refractivity contribution in [3.05, 3.63) is 28.8 Å². The fourth-order valence-corrected chi connectivity index (χ4v) is 2.61. The Bertz CT molecular complexity index is 453. The van der Waals surface area contributed by atoms with Gasteiger partial charge in [0.1, 0.15) is 0 Å². The molecule has 1 N–H and O–H groups in total. The summed E-state index contributed by atoms with van der Waals surface area (Å²) < 4.78 is 0. The summed E-state index contributed by atoms with van der Waals surface area (Å²) in [5.41, 5.74) is 1.51. The monoisotopic (exact) mass is 263 g/mol. The standard InChI is InChI=1S/C14H18ClN3/c1-18-6-2-3-12(10-18)9-17-14-7-11(8-16)4-5-13(14)15/h4-5,7,12,17H,2-3,6,9-10H2,1H3. The molecule has 1 aliphatic rings. The molecule has 0 aliphatic carbocycles. The van der Waals surface area contributed by atoms with Gasteiger partial charge >= 0.3 is 0 Å².